The third kappa shape index (κ3) is 3.32. The number of halogens is 2. The lowest BCUT2D eigenvalue weighted by Crippen LogP contribution is -1.95. The quantitative estimate of drug-likeness (QED) is 0.675. The monoisotopic (exact) mass is 364 g/mol. The summed E-state index contributed by atoms with van der Waals surface area (Å²) in [7, 11) is 1.53. The maximum atomic E-state index is 14.4. The van der Waals surface area contributed by atoms with Crippen molar-refractivity contribution in [1.29, 1.82) is 0 Å². The van der Waals surface area contributed by atoms with Gasteiger partial charge in [0.2, 0.25) is 5.28 Å². The van der Waals surface area contributed by atoms with Crippen molar-refractivity contribution in [3.8, 4) is 27.6 Å². The van der Waals surface area contributed by atoms with Gasteiger partial charge in [-0.3, -0.25) is 0 Å². The van der Waals surface area contributed by atoms with Gasteiger partial charge in [-0.25, -0.2) is 19.3 Å². The number of nitrogens with zero attached hydrogens (tertiary/aromatic N) is 3. The maximum absolute atomic E-state index is 14.4. The first-order valence-corrected chi connectivity index (χ1v) is 8.39. The number of aromatic nitrogens is 3. The smallest absolute Gasteiger partial charge is 0.222 e. The van der Waals surface area contributed by atoms with Gasteiger partial charge in [0.1, 0.15) is 11.6 Å². The topological polar surface area (TPSA) is 59.9 Å². The molecule has 0 saturated carbocycles. The molecule has 2 heterocycles. The van der Waals surface area contributed by atoms with Crippen LogP contribution >= 0.6 is 22.9 Å². The Labute approximate surface area is 147 Å². The normalized spacial score (nSPS) is 10.7. The molecule has 0 spiro atoms. The molecule has 3 rings (SSSR count). The van der Waals surface area contributed by atoms with Crippen molar-refractivity contribution in [3.63, 3.8) is 0 Å². The fourth-order valence-corrected chi connectivity index (χ4v) is 3.34. The molecular weight excluding hydrogens is 351 g/mol. The van der Waals surface area contributed by atoms with E-state index in [2.05, 4.69) is 20.3 Å². The summed E-state index contributed by atoms with van der Waals surface area (Å²) >= 11 is 7.28. The Balaban J connectivity index is 2.20. The highest BCUT2D eigenvalue weighted by molar-refractivity contribution is 7.19. The van der Waals surface area contributed by atoms with E-state index in [0.717, 1.165) is 0 Å². The molecule has 0 aliphatic carbocycles. The van der Waals surface area contributed by atoms with Gasteiger partial charge in [0.05, 0.1) is 23.4 Å². The summed E-state index contributed by atoms with van der Waals surface area (Å²) in [6.07, 6.45) is 1.56. The van der Waals surface area contributed by atoms with E-state index in [1.54, 1.807) is 24.4 Å². The van der Waals surface area contributed by atoms with Crippen molar-refractivity contribution >= 4 is 28.1 Å². The van der Waals surface area contributed by atoms with Crippen LogP contribution < -0.4 is 10.1 Å². The van der Waals surface area contributed by atoms with E-state index in [4.69, 9.17) is 16.3 Å². The molecule has 124 valence electrons. The van der Waals surface area contributed by atoms with E-state index < -0.39 is 0 Å². The van der Waals surface area contributed by atoms with Crippen LogP contribution in [0.4, 0.5) is 9.52 Å². The first kappa shape index (κ1) is 16.6. The molecule has 1 aromatic carbocycles. The number of benzene rings is 1. The minimum Gasteiger partial charge on any atom is -0.497 e. The third-order valence-electron chi connectivity index (χ3n) is 3.24. The molecule has 0 bridgehead atoms. The van der Waals surface area contributed by atoms with Gasteiger partial charge in [0, 0.05) is 18.3 Å². The van der Waals surface area contributed by atoms with Gasteiger partial charge in [-0.05, 0) is 42.8 Å². The Morgan fingerprint density at radius 2 is 2.12 bits per heavy atom. The molecule has 3 aromatic rings. The molecule has 24 heavy (non-hydrogen) atoms. The van der Waals surface area contributed by atoms with Crippen LogP contribution in [0.2, 0.25) is 5.28 Å². The average molecular weight is 365 g/mol. The predicted molar refractivity (Wildman–Crippen MR) is 94.3 cm³/mol. The molecule has 1 N–H and O–H groups in total. The summed E-state index contributed by atoms with van der Waals surface area (Å²) in [6.45, 7) is 2.67. The second-order valence-electron chi connectivity index (χ2n) is 4.78. The average Bonchev–Trinajstić information content (AvgIpc) is 2.99. The van der Waals surface area contributed by atoms with Gasteiger partial charge in [0.25, 0.3) is 0 Å². The molecule has 0 aliphatic heterocycles. The number of nitrogens with one attached hydrogen (secondary N) is 1. The number of ether oxygens (including phenoxy) is 1. The standard InChI is InChI=1S/C16H14ClFN4OS/c1-3-19-16-22-13(10-8-9(23-2)4-5-11(10)18)14(24-16)12-6-7-20-15(17)21-12/h4-8H,3H2,1-2H3,(H,19,22). The molecule has 0 fully saturated rings. The van der Waals surface area contributed by atoms with E-state index in [9.17, 15) is 4.39 Å². The highest BCUT2D eigenvalue weighted by Gasteiger charge is 2.19. The van der Waals surface area contributed by atoms with Gasteiger partial charge < -0.3 is 10.1 Å². The summed E-state index contributed by atoms with van der Waals surface area (Å²) in [6, 6.07) is 6.26. The first-order chi connectivity index (χ1) is 11.6. The van der Waals surface area contributed by atoms with Crippen LogP contribution in [0.1, 0.15) is 6.92 Å². The predicted octanol–water partition coefficient (Wildman–Crippen LogP) is 4.50. The van der Waals surface area contributed by atoms with Crippen LogP contribution in [0.5, 0.6) is 5.75 Å². The molecule has 8 heteroatoms. The number of hydrogen-bond donors (Lipinski definition) is 1. The highest BCUT2D eigenvalue weighted by Crippen LogP contribution is 2.40. The molecule has 0 aliphatic rings. The van der Waals surface area contributed by atoms with Crippen LogP contribution in [0.15, 0.2) is 30.5 Å². The molecule has 0 radical (unpaired) electrons. The van der Waals surface area contributed by atoms with E-state index in [-0.39, 0.29) is 11.1 Å². The van der Waals surface area contributed by atoms with E-state index in [1.807, 2.05) is 6.92 Å². The summed E-state index contributed by atoms with van der Waals surface area (Å²) < 4.78 is 19.6. The fourth-order valence-electron chi connectivity index (χ4n) is 2.18. The van der Waals surface area contributed by atoms with Crippen molar-refractivity contribution in [3.05, 3.63) is 41.6 Å². The van der Waals surface area contributed by atoms with Crippen molar-refractivity contribution in [2.75, 3.05) is 19.0 Å². The molecule has 2 aromatic heterocycles. The molecule has 0 unspecified atom stereocenters. The summed E-state index contributed by atoms with van der Waals surface area (Å²) in [5.41, 5.74) is 1.43. The minimum absolute atomic E-state index is 0.128. The minimum atomic E-state index is -0.384. The number of anilines is 1. The highest BCUT2D eigenvalue weighted by atomic mass is 35.5. The number of rotatable bonds is 5. The Morgan fingerprint density at radius 1 is 1.29 bits per heavy atom. The van der Waals surface area contributed by atoms with Gasteiger partial charge in [0.15, 0.2) is 5.13 Å². The largest absolute Gasteiger partial charge is 0.497 e. The fraction of sp³-hybridized carbons (Fsp3) is 0.188. The number of methoxy groups -OCH3 is 1. The van der Waals surface area contributed by atoms with Gasteiger partial charge in [-0.2, -0.15) is 0 Å². The zero-order valence-corrected chi connectivity index (χ0v) is 14.6. The lowest BCUT2D eigenvalue weighted by molar-refractivity contribution is 0.414. The zero-order valence-electron chi connectivity index (χ0n) is 13.0. The van der Waals surface area contributed by atoms with Crippen molar-refractivity contribution in [1.82, 2.24) is 15.0 Å². The lowest BCUT2D eigenvalue weighted by atomic mass is 10.1. The van der Waals surface area contributed by atoms with Gasteiger partial charge in [-0.15, -0.1) is 0 Å². The maximum Gasteiger partial charge on any atom is 0.222 e. The second-order valence-corrected chi connectivity index (χ2v) is 6.12. The van der Waals surface area contributed by atoms with Crippen LogP contribution in [0.3, 0.4) is 0 Å². The molecule has 0 atom stereocenters. The lowest BCUT2D eigenvalue weighted by Gasteiger charge is -2.06. The Morgan fingerprint density at radius 3 is 2.83 bits per heavy atom. The van der Waals surface area contributed by atoms with Gasteiger partial charge >= 0.3 is 0 Å². The van der Waals surface area contributed by atoms with Crippen molar-refractivity contribution in [2.45, 2.75) is 6.92 Å². The van der Waals surface area contributed by atoms with Crippen LogP contribution in [-0.2, 0) is 0 Å². The summed E-state index contributed by atoms with van der Waals surface area (Å²) in [4.78, 5) is 13.3. The van der Waals surface area contributed by atoms with E-state index in [0.29, 0.717) is 39.3 Å². The molecule has 0 amide bonds. The van der Waals surface area contributed by atoms with Crippen LogP contribution in [-0.4, -0.2) is 28.6 Å². The molecule has 5 nitrogen and oxygen atoms in total. The number of thiazole rings is 1. The Hall–Kier alpha value is -2.25. The second kappa shape index (κ2) is 7.11. The Kier molecular flexibility index (Phi) is 4.92. The van der Waals surface area contributed by atoms with Gasteiger partial charge in [-0.1, -0.05) is 11.3 Å². The summed E-state index contributed by atoms with van der Waals surface area (Å²) in [5, 5.41) is 3.96. The third-order valence-corrected chi connectivity index (χ3v) is 4.46. The van der Waals surface area contributed by atoms with E-state index >= 15 is 0 Å². The Bertz CT molecular complexity index is 871. The first-order valence-electron chi connectivity index (χ1n) is 7.20. The van der Waals surface area contributed by atoms with Crippen LogP contribution in [0.25, 0.3) is 21.8 Å². The van der Waals surface area contributed by atoms with E-state index in [1.165, 1.54) is 24.5 Å². The number of hydrogen-bond acceptors (Lipinski definition) is 6. The SMILES string of the molecule is CCNc1nc(-c2cc(OC)ccc2F)c(-c2ccnc(Cl)n2)s1. The molecular formula is C16H14ClFN4OS. The van der Waals surface area contributed by atoms with Crippen LogP contribution in [0, 0.1) is 5.82 Å². The van der Waals surface area contributed by atoms with Crippen molar-refractivity contribution in [2.24, 2.45) is 0 Å². The summed E-state index contributed by atoms with van der Waals surface area (Å²) in [5.74, 6) is 0.168. The molecule has 0 saturated heterocycles. The zero-order chi connectivity index (χ0) is 17.1. The van der Waals surface area contributed by atoms with Crippen molar-refractivity contribution < 1.29 is 9.13 Å².